The standard InChI is InChI=1S/C15H17F2NO/c1-8(13-3-2-12(16)7-14(13)17)18-15(19)11-5-9-4-10(9)6-11/h2-3,7-11H,4-6H2,1H3,(H,18,19). The molecule has 2 nitrogen and oxygen atoms in total. The third-order valence-corrected chi connectivity index (χ3v) is 4.40. The Morgan fingerprint density at radius 1 is 1.26 bits per heavy atom. The van der Waals surface area contributed by atoms with E-state index < -0.39 is 17.7 Å². The Morgan fingerprint density at radius 3 is 2.58 bits per heavy atom. The number of carbonyl (C=O) groups is 1. The van der Waals surface area contributed by atoms with Crippen LogP contribution >= 0.6 is 0 Å². The van der Waals surface area contributed by atoms with Gasteiger partial charge in [-0.3, -0.25) is 4.79 Å². The minimum Gasteiger partial charge on any atom is -0.349 e. The molecule has 102 valence electrons. The fraction of sp³-hybridized carbons (Fsp3) is 0.533. The first-order valence-corrected chi connectivity index (χ1v) is 6.80. The van der Waals surface area contributed by atoms with E-state index in [-0.39, 0.29) is 11.8 Å². The highest BCUT2D eigenvalue weighted by Crippen LogP contribution is 2.54. The van der Waals surface area contributed by atoms with Crippen LogP contribution in [0.5, 0.6) is 0 Å². The zero-order valence-corrected chi connectivity index (χ0v) is 10.8. The molecule has 0 aliphatic heterocycles. The molecule has 1 aromatic carbocycles. The summed E-state index contributed by atoms with van der Waals surface area (Å²) in [6, 6.07) is 3.03. The van der Waals surface area contributed by atoms with Crippen LogP contribution < -0.4 is 5.32 Å². The van der Waals surface area contributed by atoms with E-state index in [0.717, 1.165) is 30.7 Å². The fourth-order valence-electron chi connectivity index (χ4n) is 3.19. The van der Waals surface area contributed by atoms with Crippen LogP contribution in [0.25, 0.3) is 0 Å². The quantitative estimate of drug-likeness (QED) is 0.893. The lowest BCUT2D eigenvalue weighted by Crippen LogP contribution is -2.32. The number of fused-ring (bicyclic) bond motifs is 1. The fourth-order valence-corrected chi connectivity index (χ4v) is 3.19. The normalized spacial score (nSPS) is 29.7. The topological polar surface area (TPSA) is 29.1 Å². The number of hydrogen-bond acceptors (Lipinski definition) is 1. The highest BCUT2D eigenvalue weighted by molar-refractivity contribution is 5.79. The van der Waals surface area contributed by atoms with Gasteiger partial charge in [-0.1, -0.05) is 6.07 Å². The van der Waals surface area contributed by atoms with Crippen molar-refractivity contribution < 1.29 is 13.6 Å². The second-order valence-corrected chi connectivity index (χ2v) is 5.82. The third kappa shape index (κ3) is 2.48. The maximum absolute atomic E-state index is 13.6. The van der Waals surface area contributed by atoms with Gasteiger partial charge in [0.25, 0.3) is 0 Å². The molecule has 0 bridgehead atoms. The first-order valence-electron chi connectivity index (χ1n) is 6.80. The van der Waals surface area contributed by atoms with Gasteiger partial charge in [-0.15, -0.1) is 0 Å². The van der Waals surface area contributed by atoms with Crippen molar-refractivity contribution in [3.05, 3.63) is 35.4 Å². The van der Waals surface area contributed by atoms with Crippen molar-refractivity contribution in [1.29, 1.82) is 0 Å². The summed E-state index contributed by atoms with van der Waals surface area (Å²) in [7, 11) is 0. The van der Waals surface area contributed by atoms with E-state index in [1.165, 1.54) is 18.6 Å². The van der Waals surface area contributed by atoms with Crippen LogP contribution in [0.1, 0.15) is 37.8 Å². The summed E-state index contributed by atoms with van der Waals surface area (Å²) >= 11 is 0. The molecule has 0 heterocycles. The smallest absolute Gasteiger partial charge is 0.223 e. The summed E-state index contributed by atoms with van der Waals surface area (Å²) < 4.78 is 26.4. The highest BCUT2D eigenvalue weighted by atomic mass is 19.1. The Morgan fingerprint density at radius 2 is 1.95 bits per heavy atom. The van der Waals surface area contributed by atoms with E-state index >= 15 is 0 Å². The van der Waals surface area contributed by atoms with Crippen LogP contribution in [0.2, 0.25) is 0 Å². The molecule has 0 aromatic heterocycles. The lowest BCUT2D eigenvalue weighted by atomic mass is 10.0. The molecule has 4 heteroatoms. The number of amides is 1. The van der Waals surface area contributed by atoms with Crippen molar-refractivity contribution >= 4 is 5.91 Å². The molecule has 19 heavy (non-hydrogen) atoms. The molecule has 1 amide bonds. The van der Waals surface area contributed by atoms with Crippen molar-refractivity contribution in [1.82, 2.24) is 5.32 Å². The van der Waals surface area contributed by atoms with Gasteiger partial charge in [0.05, 0.1) is 6.04 Å². The third-order valence-electron chi connectivity index (χ3n) is 4.40. The van der Waals surface area contributed by atoms with Crippen molar-refractivity contribution in [2.24, 2.45) is 17.8 Å². The molecule has 1 aromatic rings. The maximum Gasteiger partial charge on any atom is 0.223 e. The summed E-state index contributed by atoms with van der Waals surface area (Å²) in [6.07, 6.45) is 3.20. The maximum atomic E-state index is 13.6. The predicted octanol–water partition coefficient (Wildman–Crippen LogP) is 3.19. The van der Waals surface area contributed by atoms with Crippen LogP contribution in [-0.4, -0.2) is 5.91 Å². The first-order chi connectivity index (χ1) is 9.04. The summed E-state index contributed by atoms with van der Waals surface area (Å²) in [5.74, 6) is 0.359. The number of rotatable bonds is 3. The monoisotopic (exact) mass is 265 g/mol. The minimum atomic E-state index is -0.609. The Balaban J connectivity index is 1.63. The van der Waals surface area contributed by atoms with Crippen molar-refractivity contribution in [2.75, 3.05) is 0 Å². The molecule has 3 atom stereocenters. The van der Waals surface area contributed by atoms with Crippen molar-refractivity contribution in [3.8, 4) is 0 Å². The number of nitrogens with one attached hydrogen (secondary N) is 1. The Hall–Kier alpha value is -1.45. The number of halogens is 2. The average Bonchev–Trinajstić information content (AvgIpc) is 2.95. The first kappa shape index (κ1) is 12.6. The Labute approximate surface area is 111 Å². The lowest BCUT2D eigenvalue weighted by Gasteiger charge is -2.18. The minimum absolute atomic E-state index is 0.00317. The number of hydrogen-bond donors (Lipinski definition) is 1. The van der Waals surface area contributed by atoms with Crippen molar-refractivity contribution in [3.63, 3.8) is 0 Å². The van der Waals surface area contributed by atoms with Crippen LogP contribution in [-0.2, 0) is 4.79 Å². The number of benzene rings is 1. The Bertz CT molecular complexity index is 507. The van der Waals surface area contributed by atoms with Gasteiger partial charge in [-0.25, -0.2) is 8.78 Å². The molecular weight excluding hydrogens is 248 g/mol. The van der Waals surface area contributed by atoms with Crippen LogP contribution in [0.4, 0.5) is 8.78 Å². The van der Waals surface area contributed by atoms with Gasteiger partial charge in [0, 0.05) is 17.5 Å². The summed E-state index contributed by atoms with van der Waals surface area (Å²) in [5.41, 5.74) is 0.331. The predicted molar refractivity (Wildman–Crippen MR) is 67.2 cm³/mol. The van der Waals surface area contributed by atoms with Gasteiger partial charge < -0.3 is 5.32 Å². The van der Waals surface area contributed by atoms with E-state index in [1.54, 1.807) is 6.92 Å². The summed E-state index contributed by atoms with van der Waals surface area (Å²) in [5, 5.41) is 2.84. The van der Waals surface area contributed by atoms with Gasteiger partial charge in [0.15, 0.2) is 0 Å². The van der Waals surface area contributed by atoms with Gasteiger partial charge in [-0.05, 0) is 44.1 Å². The zero-order valence-electron chi connectivity index (χ0n) is 10.8. The molecule has 0 radical (unpaired) electrons. The van der Waals surface area contributed by atoms with E-state index in [4.69, 9.17) is 0 Å². The molecule has 1 N–H and O–H groups in total. The molecule has 2 aliphatic carbocycles. The molecule has 0 saturated heterocycles. The summed E-state index contributed by atoms with van der Waals surface area (Å²) in [4.78, 5) is 12.1. The molecule has 3 rings (SSSR count). The molecular formula is C15H17F2NO. The van der Waals surface area contributed by atoms with Gasteiger partial charge >= 0.3 is 0 Å². The van der Waals surface area contributed by atoms with E-state index in [9.17, 15) is 13.6 Å². The molecule has 3 unspecified atom stereocenters. The molecule has 0 spiro atoms. The van der Waals surface area contributed by atoms with Crippen molar-refractivity contribution in [2.45, 2.75) is 32.2 Å². The zero-order chi connectivity index (χ0) is 13.6. The average molecular weight is 265 g/mol. The SMILES string of the molecule is CC(NC(=O)C1CC2CC2C1)c1ccc(F)cc1F. The largest absolute Gasteiger partial charge is 0.349 e. The van der Waals surface area contributed by atoms with Gasteiger partial charge in [0.2, 0.25) is 5.91 Å². The van der Waals surface area contributed by atoms with Gasteiger partial charge in [-0.2, -0.15) is 0 Å². The Kier molecular flexibility index (Phi) is 3.03. The second-order valence-electron chi connectivity index (χ2n) is 5.82. The van der Waals surface area contributed by atoms with Crippen LogP contribution in [0.3, 0.4) is 0 Å². The van der Waals surface area contributed by atoms with E-state index in [1.807, 2.05) is 0 Å². The van der Waals surface area contributed by atoms with E-state index in [0.29, 0.717) is 5.56 Å². The molecule has 2 saturated carbocycles. The second kappa shape index (κ2) is 4.58. The molecule has 2 fully saturated rings. The summed E-state index contributed by atoms with van der Waals surface area (Å²) in [6.45, 7) is 1.73. The van der Waals surface area contributed by atoms with Crippen LogP contribution in [0, 0.1) is 29.4 Å². The highest BCUT2D eigenvalue weighted by Gasteiger charge is 2.48. The number of carbonyl (C=O) groups excluding carboxylic acids is 1. The van der Waals surface area contributed by atoms with Crippen LogP contribution in [0.15, 0.2) is 18.2 Å². The molecule has 2 aliphatic rings. The van der Waals surface area contributed by atoms with Gasteiger partial charge in [0.1, 0.15) is 11.6 Å². The van der Waals surface area contributed by atoms with E-state index in [2.05, 4.69) is 5.32 Å². The lowest BCUT2D eigenvalue weighted by molar-refractivity contribution is -0.125.